The van der Waals surface area contributed by atoms with Gasteiger partial charge in [0.05, 0.1) is 6.33 Å². The fourth-order valence-corrected chi connectivity index (χ4v) is 2.24. The van der Waals surface area contributed by atoms with Crippen LogP contribution in [0.15, 0.2) is 15.9 Å². The number of rotatable bonds is 6. The molecule has 0 N–H and O–H groups in total. The van der Waals surface area contributed by atoms with Crippen LogP contribution in [-0.4, -0.2) is 24.5 Å². The Bertz CT molecular complexity index is 796. The van der Waals surface area contributed by atoms with Gasteiger partial charge in [-0.1, -0.05) is 26.7 Å². The van der Waals surface area contributed by atoms with E-state index in [1.165, 1.54) is 35.2 Å². The van der Waals surface area contributed by atoms with E-state index in [-0.39, 0.29) is 17.0 Å². The van der Waals surface area contributed by atoms with Crippen molar-refractivity contribution in [2.24, 2.45) is 14.1 Å². The van der Waals surface area contributed by atoms with Crippen LogP contribution in [0.5, 0.6) is 0 Å². The maximum Gasteiger partial charge on any atom is 0.332 e. The zero-order chi connectivity index (χ0) is 18.3. The molecule has 0 atom stereocenters. The van der Waals surface area contributed by atoms with E-state index in [9.17, 15) is 14.4 Å². The van der Waals surface area contributed by atoms with Gasteiger partial charge >= 0.3 is 5.69 Å². The quantitative estimate of drug-likeness (QED) is 0.756. The van der Waals surface area contributed by atoms with Crippen LogP contribution in [0.2, 0.25) is 0 Å². The molecule has 2 heterocycles. The monoisotopic (exact) mass is 336 g/mol. The number of nitrogens with zero attached hydrogens (tertiary/aromatic N) is 4. The van der Waals surface area contributed by atoms with Gasteiger partial charge in [-0.05, 0) is 19.8 Å². The fourth-order valence-electron chi connectivity index (χ4n) is 2.24. The van der Waals surface area contributed by atoms with E-state index in [2.05, 4.69) is 18.8 Å². The summed E-state index contributed by atoms with van der Waals surface area (Å²) in [6.45, 7) is 6.22. The first kappa shape index (κ1) is 19.9. The lowest BCUT2D eigenvalue weighted by atomic mass is 10.2. The zero-order valence-corrected chi connectivity index (χ0v) is 15.3. The second kappa shape index (κ2) is 9.20. The third-order valence-corrected chi connectivity index (χ3v) is 3.86. The molecular weight excluding hydrogens is 308 g/mol. The summed E-state index contributed by atoms with van der Waals surface area (Å²) in [4.78, 5) is 39.4. The second-order valence-corrected chi connectivity index (χ2v) is 5.99. The Morgan fingerprint density at radius 2 is 1.75 bits per heavy atom. The summed E-state index contributed by atoms with van der Waals surface area (Å²) in [5.74, 6) is 0.118. The molecule has 0 aromatic carbocycles. The average molecular weight is 336 g/mol. The molecule has 0 amide bonds. The van der Waals surface area contributed by atoms with Crippen molar-refractivity contribution >= 4 is 16.9 Å². The van der Waals surface area contributed by atoms with Crippen molar-refractivity contribution in [1.82, 2.24) is 18.7 Å². The molecule has 0 spiro atoms. The van der Waals surface area contributed by atoms with Gasteiger partial charge < -0.3 is 9.36 Å². The normalized spacial score (nSPS) is 10.5. The van der Waals surface area contributed by atoms with E-state index >= 15 is 0 Å². The van der Waals surface area contributed by atoms with E-state index < -0.39 is 0 Å². The van der Waals surface area contributed by atoms with Crippen molar-refractivity contribution in [3.8, 4) is 0 Å². The first-order valence-corrected chi connectivity index (χ1v) is 8.45. The predicted octanol–water partition coefficient (Wildman–Crippen LogP) is 2.00. The average Bonchev–Trinajstić information content (AvgIpc) is 2.94. The molecule has 0 unspecified atom stereocenters. The number of fused-ring (bicyclic) bond motifs is 1. The van der Waals surface area contributed by atoms with Gasteiger partial charge in [0, 0.05) is 27.1 Å². The molecular formula is C17H28N4O3. The number of ketones is 1. The molecule has 2 aromatic heterocycles. The molecule has 0 fully saturated rings. The molecule has 2 rings (SSSR count). The summed E-state index contributed by atoms with van der Waals surface area (Å²) in [5.41, 5.74) is 0.108. The summed E-state index contributed by atoms with van der Waals surface area (Å²) in [7, 11) is 3.32. The lowest BCUT2D eigenvalue weighted by Crippen LogP contribution is -2.39. The maximum absolute atomic E-state index is 12.3. The van der Waals surface area contributed by atoms with Gasteiger partial charge in [0.1, 0.15) is 5.78 Å². The lowest BCUT2D eigenvalue weighted by Gasteiger charge is -2.08. The number of unbranched alkanes of at least 4 members (excludes halogenated alkanes) is 2. The van der Waals surface area contributed by atoms with E-state index in [0.29, 0.717) is 37.0 Å². The Labute approximate surface area is 141 Å². The Balaban J connectivity index is 0.000000648. The van der Waals surface area contributed by atoms with Crippen LogP contribution in [0.4, 0.5) is 0 Å². The SMILES string of the molecule is CC(=O)CCCCn1c(=O)c2c(ncn2C)n(C)c1=O.CCCC. The van der Waals surface area contributed by atoms with Crippen molar-refractivity contribution < 1.29 is 4.79 Å². The number of hydrogen-bond donors (Lipinski definition) is 0. The first-order chi connectivity index (χ1) is 11.3. The summed E-state index contributed by atoms with van der Waals surface area (Å²) in [5, 5.41) is 0. The number of Topliss-reactive ketones (excluding diaryl/α,β-unsaturated/α-hetero) is 1. The van der Waals surface area contributed by atoms with Crippen molar-refractivity contribution in [1.29, 1.82) is 0 Å². The van der Waals surface area contributed by atoms with E-state index in [1.807, 2.05) is 0 Å². The minimum atomic E-state index is -0.371. The second-order valence-electron chi connectivity index (χ2n) is 5.99. The Kier molecular flexibility index (Phi) is 7.61. The number of hydrogen-bond acceptors (Lipinski definition) is 4. The van der Waals surface area contributed by atoms with Crippen LogP contribution in [0, 0.1) is 0 Å². The Morgan fingerprint density at radius 1 is 1.12 bits per heavy atom. The molecule has 7 heteroatoms. The molecule has 7 nitrogen and oxygen atoms in total. The van der Waals surface area contributed by atoms with Crippen LogP contribution >= 0.6 is 0 Å². The van der Waals surface area contributed by atoms with Gasteiger partial charge in [-0.15, -0.1) is 0 Å². The van der Waals surface area contributed by atoms with Crippen LogP contribution < -0.4 is 11.2 Å². The molecule has 0 bridgehead atoms. The van der Waals surface area contributed by atoms with Crippen molar-refractivity contribution in [2.45, 2.75) is 59.4 Å². The highest BCUT2D eigenvalue weighted by atomic mass is 16.2. The molecule has 0 aliphatic carbocycles. The van der Waals surface area contributed by atoms with E-state index in [1.54, 1.807) is 18.7 Å². The van der Waals surface area contributed by atoms with Crippen molar-refractivity contribution in [2.75, 3.05) is 0 Å². The number of aromatic nitrogens is 4. The summed E-state index contributed by atoms with van der Waals surface area (Å²) < 4.78 is 4.20. The van der Waals surface area contributed by atoms with E-state index in [0.717, 1.165) is 0 Å². The molecule has 134 valence electrons. The zero-order valence-electron chi connectivity index (χ0n) is 15.3. The highest BCUT2D eigenvalue weighted by molar-refractivity contribution is 5.75. The summed E-state index contributed by atoms with van der Waals surface area (Å²) >= 11 is 0. The van der Waals surface area contributed by atoms with Crippen LogP contribution in [0.3, 0.4) is 0 Å². The molecule has 0 saturated carbocycles. The number of imidazole rings is 1. The number of carbonyl (C=O) groups is 1. The largest absolute Gasteiger partial charge is 0.332 e. The smallest absolute Gasteiger partial charge is 0.328 e. The lowest BCUT2D eigenvalue weighted by molar-refractivity contribution is -0.117. The Hall–Kier alpha value is -2.18. The molecule has 0 aliphatic rings. The van der Waals surface area contributed by atoms with Gasteiger partial charge in [-0.3, -0.25) is 13.9 Å². The molecule has 24 heavy (non-hydrogen) atoms. The van der Waals surface area contributed by atoms with Gasteiger partial charge in [0.25, 0.3) is 5.56 Å². The first-order valence-electron chi connectivity index (χ1n) is 8.45. The minimum absolute atomic E-state index is 0.118. The molecule has 0 radical (unpaired) electrons. The third kappa shape index (κ3) is 4.66. The van der Waals surface area contributed by atoms with Crippen LogP contribution in [0.25, 0.3) is 11.2 Å². The molecule has 0 aliphatic heterocycles. The highest BCUT2D eigenvalue weighted by Gasteiger charge is 2.14. The predicted molar refractivity (Wildman–Crippen MR) is 95.3 cm³/mol. The van der Waals surface area contributed by atoms with Crippen molar-refractivity contribution in [3.05, 3.63) is 27.2 Å². The van der Waals surface area contributed by atoms with E-state index in [4.69, 9.17) is 0 Å². The van der Waals surface area contributed by atoms with Gasteiger partial charge in [0.2, 0.25) is 0 Å². The molecule has 0 saturated heterocycles. The van der Waals surface area contributed by atoms with Crippen LogP contribution in [0.1, 0.15) is 52.9 Å². The van der Waals surface area contributed by atoms with Gasteiger partial charge in [-0.2, -0.15) is 0 Å². The molecule has 2 aromatic rings. The third-order valence-electron chi connectivity index (χ3n) is 3.86. The number of aryl methyl sites for hydroxylation is 2. The topological polar surface area (TPSA) is 78.9 Å². The van der Waals surface area contributed by atoms with Crippen molar-refractivity contribution in [3.63, 3.8) is 0 Å². The summed E-state index contributed by atoms with van der Waals surface area (Å²) in [6, 6.07) is 0. The Morgan fingerprint density at radius 3 is 2.29 bits per heavy atom. The summed E-state index contributed by atoms with van der Waals surface area (Å²) in [6.07, 6.45) is 5.93. The fraction of sp³-hybridized carbons (Fsp3) is 0.647. The standard InChI is InChI=1S/C13H18N4O3.C4H10/c1-9(18)6-4-5-7-17-12(19)10-11(14-8-15(10)2)16(3)13(17)20;1-3-4-2/h8H,4-7H2,1-3H3;3-4H2,1-2H3. The highest BCUT2D eigenvalue weighted by Crippen LogP contribution is 2.04. The maximum atomic E-state index is 12.3. The van der Waals surface area contributed by atoms with Crippen LogP contribution in [-0.2, 0) is 25.4 Å². The van der Waals surface area contributed by atoms with Gasteiger partial charge in [-0.25, -0.2) is 9.78 Å². The number of carbonyl (C=O) groups excluding carboxylic acids is 1. The van der Waals surface area contributed by atoms with Gasteiger partial charge in [0.15, 0.2) is 11.2 Å². The minimum Gasteiger partial charge on any atom is -0.328 e.